The fourth-order valence-corrected chi connectivity index (χ4v) is 9.06. The minimum atomic E-state index is 1.08. The van der Waals surface area contributed by atoms with Crippen LogP contribution in [0.1, 0.15) is 0 Å². The monoisotopic (exact) mass is 790 g/mol. The lowest BCUT2D eigenvalue weighted by Gasteiger charge is -2.28. The quantitative estimate of drug-likeness (QED) is 0.141. The van der Waals surface area contributed by atoms with Gasteiger partial charge in [-0.3, -0.25) is 0 Å². The second-order valence-electron chi connectivity index (χ2n) is 15.7. The average Bonchev–Trinajstić information content (AvgIpc) is 3.69. The largest absolute Gasteiger partial charge is 0.310 e. The van der Waals surface area contributed by atoms with Crippen molar-refractivity contribution in [2.75, 3.05) is 4.90 Å². The molecule has 0 unspecified atom stereocenters. The summed E-state index contributed by atoms with van der Waals surface area (Å²) in [6.07, 6.45) is 0. The first-order chi connectivity index (χ1) is 30.8. The fraction of sp³-hybridized carbons (Fsp3) is 0. The number of nitrogens with zero attached hydrogens (tertiary/aromatic N) is 2. The third-order valence-corrected chi connectivity index (χ3v) is 12.0. The Morgan fingerprint density at radius 3 is 1.47 bits per heavy atom. The minimum Gasteiger partial charge on any atom is -0.310 e. The predicted molar refractivity (Wildman–Crippen MR) is 263 cm³/mol. The Bertz CT molecular complexity index is 3330. The minimum absolute atomic E-state index is 1.08. The van der Waals surface area contributed by atoms with Crippen LogP contribution >= 0.6 is 0 Å². The van der Waals surface area contributed by atoms with Crippen molar-refractivity contribution in [3.8, 4) is 61.3 Å². The van der Waals surface area contributed by atoms with Gasteiger partial charge in [0.05, 0.1) is 16.7 Å². The Balaban J connectivity index is 1.10. The Hall–Kier alpha value is -8.20. The van der Waals surface area contributed by atoms with Crippen molar-refractivity contribution >= 4 is 38.9 Å². The summed E-state index contributed by atoms with van der Waals surface area (Å²) >= 11 is 0. The van der Waals surface area contributed by atoms with E-state index >= 15 is 0 Å². The van der Waals surface area contributed by atoms with Gasteiger partial charge in [-0.1, -0.05) is 200 Å². The van der Waals surface area contributed by atoms with Gasteiger partial charge in [-0.2, -0.15) is 0 Å². The number of hydrogen-bond acceptors (Lipinski definition) is 1. The van der Waals surface area contributed by atoms with E-state index in [-0.39, 0.29) is 0 Å². The van der Waals surface area contributed by atoms with E-state index in [4.69, 9.17) is 0 Å². The Morgan fingerprint density at radius 2 is 0.742 bits per heavy atom. The molecule has 2 heteroatoms. The van der Waals surface area contributed by atoms with Gasteiger partial charge in [0.2, 0.25) is 0 Å². The summed E-state index contributed by atoms with van der Waals surface area (Å²) in [5.41, 5.74) is 18.6. The van der Waals surface area contributed by atoms with Crippen LogP contribution in [0.5, 0.6) is 0 Å². The summed E-state index contributed by atoms with van der Waals surface area (Å²) in [6, 6.07) is 92.1. The zero-order valence-electron chi connectivity index (χ0n) is 34.1. The van der Waals surface area contributed by atoms with Crippen molar-refractivity contribution in [3.05, 3.63) is 255 Å². The van der Waals surface area contributed by atoms with Crippen LogP contribution in [0, 0.1) is 0 Å². The van der Waals surface area contributed by atoms with Gasteiger partial charge in [-0.05, 0) is 105 Å². The molecule has 0 spiro atoms. The Labute approximate surface area is 362 Å². The molecule has 0 atom stereocenters. The highest BCUT2D eigenvalue weighted by Gasteiger charge is 2.21. The zero-order valence-corrected chi connectivity index (χ0v) is 34.1. The maximum Gasteiger partial charge on any atom is 0.0561 e. The molecule has 0 saturated carbocycles. The normalized spacial score (nSPS) is 11.2. The van der Waals surface area contributed by atoms with Crippen LogP contribution in [0.3, 0.4) is 0 Å². The number of fused-ring (bicyclic) bond motifs is 3. The van der Waals surface area contributed by atoms with Gasteiger partial charge in [-0.15, -0.1) is 0 Å². The van der Waals surface area contributed by atoms with E-state index in [1.54, 1.807) is 0 Å². The molecule has 11 rings (SSSR count). The molecular weight excluding hydrogens is 749 g/mol. The summed E-state index contributed by atoms with van der Waals surface area (Å²) in [7, 11) is 0. The number of benzene rings is 10. The first-order valence-electron chi connectivity index (χ1n) is 21.3. The number of anilines is 3. The smallest absolute Gasteiger partial charge is 0.0561 e. The lowest BCUT2D eigenvalue weighted by molar-refractivity contribution is 1.18. The van der Waals surface area contributed by atoms with Crippen LogP contribution in [0.2, 0.25) is 0 Å². The first kappa shape index (κ1) is 36.8. The topological polar surface area (TPSA) is 8.17 Å². The van der Waals surface area contributed by atoms with E-state index in [9.17, 15) is 0 Å². The predicted octanol–water partition coefficient (Wildman–Crippen LogP) is 16.6. The summed E-state index contributed by atoms with van der Waals surface area (Å²) in [5.74, 6) is 0. The highest BCUT2D eigenvalue weighted by atomic mass is 15.1. The van der Waals surface area contributed by atoms with E-state index in [1.807, 2.05) is 0 Å². The van der Waals surface area contributed by atoms with E-state index < -0.39 is 0 Å². The van der Waals surface area contributed by atoms with Crippen molar-refractivity contribution in [3.63, 3.8) is 0 Å². The van der Waals surface area contributed by atoms with E-state index in [0.717, 1.165) is 39.4 Å². The van der Waals surface area contributed by atoms with Crippen LogP contribution in [0.4, 0.5) is 17.1 Å². The van der Waals surface area contributed by atoms with Crippen molar-refractivity contribution < 1.29 is 0 Å². The van der Waals surface area contributed by atoms with Crippen LogP contribution < -0.4 is 4.90 Å². The molecule has 0 amide bonds. The summed E-state index contributed by atoms with van der Waals surface area (Å²) in [5, 5.41) is 2.43. The third kappa shape index (κ3) is 6.84. The van der Waals surface area contributed by atoms with Gasteiger partial charge in [0, 0.05) is 33.4 Å². The highest BCUT2D eigenvalue weighted by Crippen LogP contribution is 2.44. The number of rotatable bonds is 9. The van der Waals surface area contributed by atoms with Gasteiger partial charge in [0.15, 0.2) is 0 Å². The van der Waals surface area contributed by atoms with Crippen LogP contribution in [-0.2, 0) is 0 Å². The molecule has 0 radical (unpaired) electrons. The average molecular weight is 791 g/mol. The summed E-state index contributed by atoms with van der Waals surface area (Å²) in [6.45, 7) is 0. The van der Waals surface area contributed by atoms with E-state index in [2.05, 4.69) is 264 Å². The second-order valence-corrected chi connectivity index (χ2v) is 15.7. The molecule has 0 bridgehead atoms. The molecule has 1 heterocycles. The first-order valence-corrected chi connectivity index (χ1v) is 21.3. The standard InChI is InChI=1S/C60H42N2/c1-4-18-43(19-5-1)45-34-36-50(37-35-45)61(58-32-14-12-30-55(58)48-25-16-24-47(40-48)44-20-6-2-7-21-44)52-38-39-57-56-31-13-15-33-59(56)62(60(57)42-52)51-27-17-26-49(41-51)54-29-11-10-28-53(54)46-22-8-3-9-23-46/h1-42H. The lowest BCUT2D eigenvalue weighted by atomic mass is 9.94. The Kier molecular flexibility index (Phi) is 9.57. The number of aromatic nitrogens is 1. The second kappa shape index (κ2) is 16.1. The maximum atomic E-state index is 2.44. The van der Waals surface area contributed by atoms with Crippen LogP contribution in [0.15, 0.2) is 255 Å². The number of para-hydroxylation sites is 2. The maximum absolute atomic E-state index is 2.44. The fourth-order valence-electron chi connectivity index (χ4n) is 9.06. The Morgan fingerprint density at radius 1 is 0.258 bits per heavy atom. The van der Waals surface area contributed by atoms with Crippen molar-refractivity contribution in [1.82, 2.24) is 4.57 Å². The van der Waals surface area contributed by atoms with Gasteiger partial charge in [-0.25, -0.2) is 0 Å². The molecule has 0 saturated heterocycles. The third-order valence-electron chi connectivity index (χ3n) is 12.0. The van der Waals surface area contributed by atoms with Crippen molar-refractivity contribution in [2.24, 2.45) is 0 Å². The molecule has 0 aliphatic carbocycles. The van der Waals surface area contributed by atoms with Gasteiger partial charge < -0.3 is 9.47 Å². The van der Waals surface area contributed by atoms with E-state index in [0.29, 0.717) is 0 Å². The van der Waals surface area contributed by atoms with Gasteiger partial charge >= 0.3 is 0 Å². The van der Waals surface area contributed by atoms with E-state index in [1.165, 1.54) is 60.8 Å². The van der Waals surface area contributed by atoms with Gasteiger partial charge in [0.1, 0.15) is 0 Å². The molecule has 0 fully saturated rings. The van der Waals surface area contributed by atoms with Crippen molar-refractivity contribution in [2.45, 2.75) is 0 Å². The molecule has 0 aliphatic rings. The molecule has 2 nitrogen and oxygen atoms in total. The highest BCUT2D eigenvalue weighted by molar-refractivity contribution is 6.10. The molecular formula is C60H42N2. The van der Waals surface area contributed by atoms with Crippen LogP contribution in [-0.4, -0.2) is 4.57 Å². The number of hydrogen-bond donors (Lipinski definition) is 0. The molecule has 292 valence electrons. The zero-order chi connectivity index (χ0) is 41.2. The molecule has 10 aromatic carbocycles. The SMILES string of the molecule is c1ccc(-c2ccc(N(c3ccc4c5ccccc5n(-c5cccc(-c6ccccc6-c6ccccc6)c5)c4c3)c3ccccc3-c3cccc(-c4ccccc4)c3)cc2)cc1. The molecule has 11 aromatic rings. The lowest BCUT2D eigenvalue weighted by Crippen LogP contribution is -2.11. The molecule has 1 aromatic heterocycles. The summed E-state index contributed by atoms with van der Waals surface area (Å²) < 4.78 is 2.44. The summed E-state index contributed by atoms with van der Waals surface area (Å²) in [4.78, 5) is 2.42. The van der Waals surface area contributed by atoms with Crippen molar-refractivity contribution in [1.29, 1.82) is 0 Å². The molecule has 0 N–H and O–H groups in total. The van der Waals surface area contributed by atoms with Gasteiger partial charge in [0.25, 0.3) is 0 Å². The molecule has 0 aliphatic heterocycles. The van der Waals surface area contributed by atoms with Crippen LogP contribution in [0.25, 0.3) is 83.1 Å². The molecule has 62 heavy (non-hydrogen) atoms.